The molecular formula is C14H13ClN2O4. The number of nitro benzene ring substituents is 1. The fourth-order valence-corrected chi connectivity index (χ4v) is 2.00. The minimum Gasteiger partial charge on any atom is -0.504 e. The second-order valence-electron chi connectivity index (χ2n) is 4.28. The summed E-state index contributed by atoms with van der Waals surface area (Å²) in [6.45, 7) is 0.346. The molecule has 0 unspecified atom stereocenters. The van der Waals surface area contributed by atoms with Crippen LogP contribution in [0.15, 0.2) is 36.4 Å². The fourth-order valence-electron chi connectivity index (χ4n) is 1.83. The molecule has 0 radical (unpaired) electrons. The Hall–Kier alpha value is -2.47. The first-order valence-electron chi connectivity index (χ1n) is 6.05. The summed E-state index contributed by atoms with van der Waals surface area (Å²) in [5.74, 6) is 0.388. The number of anilines is 1. The van der Waals surface area contributed by atoms with Crippen molar-refractivity contribution in [1.82, 2.24) is 0 Å². The summed E-state index contributed by atoms with van der Waals surface area (Å²) < 4.78 is 5.01. The Labute approximate surface area is 126 Å². The number of hydrogen-bond donors (Lipinski definition) is 2. The van der Waals surface area contributed by atoms with Crippen molar-refractivity contribution in [3.63, 3.8) is 0 Å². The maximum Gasteiger partial charge on any atom is 0.293 e. The average Bonchev–Trinajstić information content (AvgIpc) is 2.47. The predicted octanol–water partition coefficient (Wildman–Crippen LogP) is 3.57. The van der Waals surface area contributed by atoms with Crippen molar-refractivity contribution in [2.45, 2.75) is 6.54 Å². The van der Waals surface area contributed by atoms with Gasteiger partial charge in [0.05, 0.1) is 12.0 Å². The predicted molar refractivity (Wildman–Crippen MR) is 80.1 cm³/mol. The van der Waals surface area contributed by atoms with E-state index >= 15 is 0 Å². The first-order chi connectivity index (χ1) is 10.0. The van der Waals surface area contributed by atoms with E-state index in [1.807, 2.05) is 0 Å². The number of ether oxygens (including phenoxy) is 1. The third kappa shape index (κ3) is 3.55. The van der Waals surface area contributed by atoms with Crippen LogP contribution in [0.1, 0.15) is 5.56 Å². The van der Waals surface area contributed by atoms with Gasteiger partial charge in [-0.25, -0.2) is 0 Å². The molecule has 0 bridgehead atoms. The molecule has 7 heteroatoms. The molecule has 0 aliphatic rings. The lowest BCUT2D eigenvalue weighted by molar-refractivity contribution is -0.383. The van der Waals surface area contributed by atoms with Gasteiger partial charge >= 0.3 is 0 Å². The lowest BCUT2D eigenvalue weighted by atomic mass is 10.2. The number of rotatable bonds is 5. The Kier molecular flexibility index (Phi) is 4.49. The Morgan fingerprint density at radius 2 is 2.10 bits per heavy atom. The van der Waals surface area contributed by atoms with Gasteiger partial charge in [-0.05, 0) is 29.8 Å². The van der Waals surface area contributed by atoms with Crippen LogP contribution in [0.2, 0.25) is 5.02 Å². The molecule has 0 saturated carbocycles. The monoisotopic (exact) mass is 308 g/mol. The van der Waals surface area contributed by atoms with E-state index in [1.165, 1.54) is 19.2 Å². The summed E-state index contributed by atoms with van der Waals surface area (Å²) >= 11 is 5.76. The Balaban J connectivity index is 2.18. The molecule has 21 heavy (non-hydrogen) atoms. The summed E-state index contributed by atoms with van der Waals surface area (Å²) in [5.41, 5.74) is 1.10. The summed E-state index contributed by atoms with van der Waals surface area (Å²) in [5, 5.41) is 23.8. The van der Waals surface area contributed by atoms with E-state index in [1.54, 1.807) is 24.3 Å². The third-order valence-electron chi connectivity index (χ3n) is 2.88. The van der Waals surface area contributed by atoms with Crippen molar-refractivity contribution in [1.29, 1.82) is 0 Å². The highest BCUT2D eigenvalue weighted by Crippen LogP contribution is 2.29. The first-order valence-corrected chi connectivity index (χ1v) is 6.42. The molecule has 0 spiro atoms. The Bertz CT molecular complexity index is 676. The van der Waals surface area contributed by atoms with Crippen molar-refractivity contribution in [3.05, 3.63) is 57.1 Å². The number of nitrogens with zero attached hydrogens (tertiary/aromatic N) is 1. The molecule has 0 aliphatic heterocycles. The standard InChI is InChI=1S/C14H13ClN2O4/c1-21-14-6-9(2-5-13(14)18)8-16-11-4-3-10(15)7-12(11)17(19)20/h2-7,16,18H,8H2,1H3. The van der Waals surface area contributed by atoms with Gasteiger partial charge in [0.1, 0.15) is 5.69 Å². The van der Waals surface area contributed by atoms with E-state index in [0.717, 1.165) is 5.56 Å². The van der Waals surface area contributed by atoms with Crippen molar-refractivity contribution in [2.24, 2.45) is 0 Å². The van der Waals surface area contributed by atoms with Gasteiger partial charge in [0.2, 0.25) is 0 Å². The van der Waals surface area contributed by atoms with Gasteiger partial charge < -0.3 is 15.2 Å². The SMILES string of the molecule is COc1cc(CNc2ccc(Cl)cc2[N+](=O)[O-])ccc1O. The number of nitrogens with one attached hydrogen (secondary N) is 1. The number of phenolic OH excluding ortho intramolecular Hbond substituents is 1. The molecule has 6 nitrogen and oxygen atoms in total. The Morgan fingerprint density at radius 3 is 2.76 bits per heavy atom. The number of methoxy groups -OCH3 is 1. The van der Waals surface area contributed by atoms with Gasteiger partial charge in [-0.1, -0.05) is 17.7 Å². The van der Waals surface area contributed by atoms with Crippen LogP contribution in [0.4, 0.5) is 11.4 Å². The average molecular weight is 309 g/mol. The van der Waals surface area contributed by atoms with Crippen molar-refractivity contribution >= 4 is 23.0 Å². The molecule has 0 heterocycles. The number of hydrogen-bond acceptors (Lipinski definition) is 5. The van der Waals surface area contributed by atoms with Crippen LogP contribution >= 0.6 is 11.6 Å². The van der Waals surface area contributed by atoms with Crippen LogP contribution in [0.3, 0.4) is 0 Å². The van der Waals surface area contributed by atoms with Crippen LogP contribution in [0, 0.1) is 10.1 Å². The molecule has 2 N–H and O–H groups in total. The van der Waals surface area contributed by atoms with E-state index in [9.17, 15) is 15.2 Å². The van der Waals surface area contributed by atoms with Crippen LogP contribution in [0.5, 0.6) is 11.5 Å². The lowest BCUT2D eigenvalue weighted by Gasteiger charge is -2.09. The summed E-state index contributed by atoms with van der Waals surface area (Å²) in [7, 11) is 1.45. The Morgan fingerprint density at radius 1 is 1.33 bits per heavy atom. The molecule has 2 aromatic carbocycles. The molecular weight excluding hydrogens is 296 g/mol. The van der Waals surface area contributed by atoms with Crippen molar-refractivity contribution in [3.8, 4) is 11.5 Å². The van der Waals surface area contributed by atoms with Crippen LogP contribution in [-0.2, 0) is 6.54 Å². The number of benzene rings is 2. The van der Waals surface area contributed by atoms with E-state index in [0.29, 0.717) is 23.0 Å². The summed E-state index contributed by atoms with van der Waals surface area (Å²) in [4.78, 5) is 10.5. The lowest BCUT2D eigenvalue weighted by Crippen LogP contribution is -2.03. The highest BCUT2D eigenvalue weighted by molar-refractivity contribution is 6.30. The quantitative estimate of drug-likeness (QED) is 0.651. The van der Waals surface area contributed by atoms with Gasteiger partial charge in [-0.2, -0.15) is 0 Å². The largest absolute Gasteiger partial charge is 0.504 e. The van der Waals surface area contributed by atoms with Crippen LogP contribution < -0.4 is 10.1 Å². The fraction of sp³-hybridized carbons (Fsp3) is 0.143. The normalized spacial score (nSPS) is 10.2. The molecule has 2 aromatic rings. The first kappa shape index (κ1) is 14.9. The van der Waals surface area contributed by atoms with Crippen molar-refractivity contribution in [2.75, 3.05) is 12.4 Å². The van der Waals surface area contributed by atoms with Crippen LogP contribution in [0.25, 0.3) is 0 Å². The number of nitro groups is 1. The van der Waals surface area contributed by atoms with E-state index in [-0.39, 0.29) is 11.4 Å². The topological polar surface area (TPSA) is 84.6 Å². The van der Waals surface area contributed by atoms with Crippen LogP contribution in [-0.4, -0.2) is 17.1 Å². The molecule has 2 rings (SSSR count). The molecule has 0 amide bonds. The number of phenols is 1. The zero-order chi connectivity index (χ0) is 15.4. The zero-order valence-corrected chi connectivity index (χ0v) is 11.9. The summed E-state index contributed by atoms with van der Waals surface area (Å²) in [6.07, 6.45) is 0. The molecule has 0 aromatic heterocycles. The maximum atomic E-state index is 11.0. The second kappa shape index (κ2) is 6.32. The molecule has 0 saturated heterocycles. The highest BCUT2D eigenvalue weighted by Gasteiger charge is 2.14. The molecule has 0 aliphatic carbocycles. The second-order valence-corrected chi connectivity index (χ2v) is 4.71. The maximum absolute atomic E-state index is 11.0. The molecule has 0 fully saturated rings. The smallest absolute Gasteiger partial charge is 0.293 e. The van der Waals surface area contributed by atoms with E-state index in [4.69, 9.17) is 16.3 Å². The minimum absolute atomic E-state index is 0.0405. The highest BCUT2D eigenvalue weighted by atomic mass is 35.5. The minimum atomic E-state index is -0.494. The molecule has 0 atom stereocenters. The molecule has 110 valence electrons. The number of aromatic hydroxyl groups is 1. The van der Waals surface area contributed by atoms with Gasteiger partial charge in [0.25, 0.3) is 5.69 Å². The van der Waals surface area contributed by atoms with E-state index in [2.05, 4.69) is 5.32 Å². The zero-order valence-electron chi connectivity index (χ0n) is 11.2. The van der Waals surface area contributed by atoms with Gasteiger partial charge in [-0.15, -0.1) is 0 Å². The van der Waals surface area contributed by atoms with E-state index < -0.39 is 4.92 Å². The number of halogens is 1. The summed E-state index contributed by atoms with van der Waals surface area (Å²) in [6, 6.07) is 9.29. The van der Waals surface area contributed by atoms with Gasteiger partial charge in [0, 0.05) is 17.6 Å². The van der Waals surface area contributed by atoms with Gasteiger partial charge in [-0.3, -0.25) is 10.1 Å². The third-order valence-corrected chi connectivity index (χ3v) is 3.12. The van der Waals surface area contributed by atoms with Gasteiger partial charge in [0.15, 0.2) is 11.5 Å². The van der Waals surface area contributed by atoms with Crippen molar-refractivity contribution < 1.29 is 14.8 Å².